The molecule has 6 heteroatoms. The van der Waals surface area contributed by atoms with Crippen molar-refractivity contribution in [1.82, 2.24) is 5.32 Å². The molecule has 1 fully saturated rings. The quantitative estimate of drug-likeness (QED) is 0.899. The van der Waals surface area contributed by atoms with Crippen LogP contribution < -0.4 is 15.5 Å². The van der Waals surface area contributed by atoms with Gasteiger partial charge in [-0.1, -0.05) is 12.1 Å². The molecule has 24 heavy (non-hydrogen) atoms. The minimum Gasteiger partial charge on any atom is -0.371 e. The first-order chi connectivity index (χ1) is 11.6. The van der Waals surface area contributed by atoms with E-state index in [2.05, 4.69) is 15.5 Å². The number of rotatable bonds is 4. The molecule has 1 aliphatic rings. The standard InChI is InChI=1S/C18H19F2N3O/c19-14-5-7-15(8-6-14)23-10-9-13(12-23)11-21-18(24)22-17-4-2-1-3-16(17)20/h1-8,13H,9-12H2,(H2,21,22,24)/t13-/m1/s1. The van der Waals surface area contributed by atoms with Gasteiger partial charge in [0, 0.05) is 25.3 Å². The van der Waals surface area contributed by atoms with Crippen LogP contribution in [0, 0.1) is 17.6 Å². The van der Waals surface area contributed by atoms with E-state index in [0.29, 0.717) is 12.5 Å². The van der Waals surface area contributed by atoms with Gasteiger partial charge in [-0.2, -0.15) is 0 Å². The lowest BCUT2D eigenvalue weighted by molar-refractivity contribution is 0.250. The molecule has 2 N–H and O–H groups in total. The van der Waals surface area contributed by atoms with Gasteiger partial charge in [0.1, 0.15) is 11.6 Å². The normalized spacial score (nSPS) is 16.9. The molecule has 126 valence electrons. The Morgan fingerprint density at radius 3 is 2.62 bits per heavy atom. The molecule has 2 aromatic carbocycles. The first-order valence-electron chi connectivity index (χ1n) is 7.92. The number of halogens is 2. The van der Waals surface area contributed by atoms with Crippen molar-refractivity contribution in [2.75, 3.05) is 29.9 Å². The molecule has 0 radical (unpaired) electrons. The number of carbonyl (C=O) groups excluding carboxylic acids is 1. The molecule has 1 atom stereocenters. The number of anilines is 2. The third-order valence-corrected chi connectivity index (χ3v) is 4.15. The number of benzene rings is 2. The van der Waals surface area contributed by atoms with E-state index in [9.17, 15) is 13.6 Å². The number of amides is 2. The van der Waals surface area contributed by atoms with Gasteiger partial charge >= 0.3 is 6.03 Å². The summed E-state index contributed by atoms with van der Waals surface area (Å²) in [4.78, 5) is 14.0. The summed E-state index contributed by atoms with van der Waals surface area (Å²) in [6.07, 6.45) is 0.942. The van der Waals surface area contributed by atoms with Crippen molar-refractivity contribution in [1.29, 1.82) is 0 Å². The molecule has 3 rings (SSSR count). The van der Waals surface area contributed by atoms with Gasteiger partial charge < -0.3 is 15.5 Å². The minimum absolute atomic E-state index is 0.161. The Balaban J connectivity index is 1.47. The summed E-state index contributed by atoms with van der Waals surface area (Å²) in [5.41, 5.74) is 1.14. The van der Waals surface area contributed by atoms with Crippen LogP contribution in [0.3, 0.4) is 0 Å². The van der Waals surface area contributed by atoms with E-state index >= 15 is 0 Å². The van der Waals surface area contributed by atoms with Crippen molar-refractivity contribution < 1.29 is 13.6 Å². The van der Waals surface area contributed by atoms with Crippen LogP contribution in [-0.2, 0) is 0 Å². The van der Waals surface area contributed by atoms with Crippen LogP contribution in [0.2, 0.25) is 0 Å². The number of urea groups is 1. The molecular formula is C18H19F2N3O. The van der Waals surface area contributed by atoms with E-state index in [1.807, 2.05) is 0 Å². The number of hydrogen-bond acceptors (Lipinski definition) is 2. The highest BCUT2D eigenvalue weighted by atomic mass is 19.1. The average molecular weight is 331 g/mol. The molecule has 0 unspecified atom stereocenters. The summed E-state index contributed by atoms with van der Waals surface area (Å²) in [6, 6.07) is 12.0. The number of nitrogens with one attached hydrogen (secondary N) is 2. The van der Waals surface area contributed by atoms with Crippen LogP contribution in [0.1, 0.15) is 6.42 Å². The first-order valence-corrected chi connectivity index (χ1v) is 7.92. The molecule has 2 amide bonds. The number of nitrogens with zero attached hydrogens (tertiary/aromatic N) is 1. The Labute approximate surface area is 139 Å². The molecule has 1 aliphatic heterocycles. The zero-order valence-corrected chi connectivity index (χ0v) is 13.1. The summed E-state index contributed by atoms with van der Waals surface area (Å²) in [6.45, 7) is 2.18. The third kappa shape index (κ3) is 4.01. The van der Waals surface area contributed by atoms with Gasteiger partial charge in [-0.05, 0) is 48.7 Å². The maximum atomic E-state index is 13.5. The fraction of sp³-hybridized carbons (Fsp3) is 0.278. The molecule has 2 aromatic rings. The van der Waals surface area contributed by atoms with E-state index in [1.54, 1.807) is 24.3 Å². The number of para-hydroxylation sites is 1. The summed E-state index contributed by atoms with van der Waals surface area (Å²) in [7, 11) is 0. The zero-order valence-electron chi connectivity index (χ0n) is 13.1. The Hall–Kier alpha value is -2.63. The average Bonchev–Trinajstić information content (AvgIpc) is 3.05. The van der Waals surface area contributed by atoms with Crippen LogP contribution in [0.15, 0.2) is 48.5 Å². The zero-order chi connectivity index (χ0) is 16.9. The van der Waals surface area contributed by atoms with E-state index < -0.39 is 11.8 Å². The Morgan fingerprint density at radius 1 is 1.12 bits per heavy atom. The van der Waals surface area contributed by atoms with E-state index in [0.717, 1.165) is 25.2 Å². The van der Waals surface area contributed by atoms with Crippen molar-refractivity contribution in [3.63, 3.8) is 0 Å². The predicted octanol–water partition coefficient (Wildman–Crippen LogP) is 3.61. The SMILES string of the molecule is O=C(NC[C@H]1CCN(c2ccc(F)cc2)C1)Nc1ccccc1F. The van der Waals surface area contributed by atoms with Crippen molar-refractivity contribution in [2.24, 2.45) is 5.92 Å². The Kier molecular flexibility index (Phi) is 4.93. The summed E-state index contributed by atoms with van der Waals surface area (Å²) >= 11 is 0. The Bertz CT molecular complexity index is 706. The molecule has 0 saturated carbocycles. The molecule has 4 nitrogen and oxygen atoms in total. The summed E-state index contributed by atoms with van der Waals surface area (Å²) in [5.74, 6) is -0.404. The van der Waals surface area contributed by atoms with Gasteiger partial charge in [0.15, 0.2) is 0 Å². The Morgan fingerprint density at radius 2 is 1.88 bits per heavy atom. The van der Waals surface area contributed by atoms with Crippen molar-refractivity contribution in [2.45, 2.75) is 6.42 Å². The first kappa shape index (κ1) is 16.2. The molecule has 0 aromatic heterocycles. The molecule has 0 aliphatic carbocycles. The highest BCUT2D eigenvalue weighted by Crippen LogP contribution is 2.23. The maximum absolute atomic E-state index is 13.5. The van der Waals surface area contributed by atoms with Gasteiger partial charge in [-0.25, -0.2) is 13.6 Å². The van der Waals surface area contributed by atoms with E-state index in [4.69, 9.17) is 0 Å². The lowest BCUT2D eigenvalue weighted by Crippen LogP contribution is -2.34. The third-order valence-electron chi connectivity index (χ3n) is 4.15. The largest absolute Gasteiger partial charge is 0.371 e. The summed E-state index contributed by atoms with van der Waals surface area (Å²) < 4.78 is 26.5. The highest BCUT2D eigenvalue weighted by molar-refractivity contribution is 5.89. The van der Waals surface area contributed by atoms with Crippen LogP contribution in [0.25, 0.3) is 0 Å². The van der Waals surface area contributed by atoms with Gasteiger partial charge in [0.2, 0.25) is 0 Å². The smallest absolute Gasteiger partial charge is 0.319 e. The molecule has 0 bridgehead atoms. The predicted molar refractivity (Wildman–Crippen MR) is 90.1 cm³/mol. The van der Waals surface area contributed by atoms with Crippen molar-refractivity contribution in [3.8, 4) is 0 Å². The fourth-order valence-electron chi connectivity index (χ4n) is 2.85. The molecular weight excluding hydrogens is 312 g/mol. The second-order valence-corrected chi connectivity index (χ2v) is 5.89. The van der Waals surface area contributed by atoms with Crippen LogP contribution in [0.5, 0.6) is 0 Å². The van der Waals surface area contributed by atoms with Gasteiger partial charge in [0.25, 0.3) is 0 Å². The number of carbonyl (C=O) groups is 1. The van der Waals surface area contributed by atoms with Gasteiger partial charge in [0.05, 0.1) is 5.69 Å². The van der Waals surface area contributed by atoms with E-state index in [-0.39, 0.29) is 11.5 Å². The molecule has 1 heterocycles. The minimum atomic E-state index is -0.462. The van der Waals surface area contributed by atoms with E-state index in [1.165, 1.54) is 24.3 Å². The van der Waals surface area contributed by atoms with Gasteiger partial charge in [-0.15, -0.1) is 0 Å². The topological polar surface area (TPSA) is 44.4 Å². The number of hydrogen-bond donors (Lipinski definition) is 2. The second-order valence-electron chi connectivity index (χ2n) is 5.89. The second kappa shape index (κ2) is 7.29. The molecule has 0 spiro atoms. The monoisotopic (exact) mass is 331 g/mol. The van der Waals surface area contributed by atoms with Crippen LogP contribution in [0.4, 0.5) is 25.0 Å². The van der Waals surface area contributed by atoms with Crippen molar-refractivity contribution in [3.05, 3.63) is 60.2 Å². The van der Waals surface area contributed by atoms with Crippen LogP contribution >= 0.6 is 0 Å². The van der Waals surface area contributed by atoms with Crippen molar-refractivity contribution >= 4 is 17.4 Å². The van der Waals surface area contributed by atoms with Crippen LogP contribution in [-0.4, -0.2) is 25.7 Å². The fourth-order valence-corrected chi connectivity index (χ4v) is 2.85. The lowest BCUT2D eigenvalue weighted by atomic mass is 10.1. The maximum Gasteiger partial charge on any atom is 0.319 e. The van der Waals surface area contributed by atoms with Gasteiger partial charge in [-0.3, -0.25) is 0 Å². The summed E-state index contributed by atoms with van der Waals surface area (Å²) in [5, 5.41) is 5.28. The lowest BCUT2D eigenvalue weighted by Gasteiger charge is -2.19. The highest BCUT2D eigenvalue weighted by Gasteiger charge is 2.23. The molecule has 1 saturated heterocycles.